The molecule has 0 aliphatic heterocycles. The molecule has 1 N–H and O–H groups in total. The largest absolute Gasteiger partial charge is 0.480 e. The van der Waals surface area contributed by atoms with Crippen LogP contribution in [-0.2, 0) is 9.59 Å². The monoisotopic (exact) mass is 185 g/mol. The molecule has 1 heterocycles. The molecule has 1 unspecified atom stereocenters. The molecule has 0 fully saturated rings. The minimum atomic E-state index is -1.15. The van der Waals surface area contributed by atoms with Crippen molar-refractivity contribution in [3.63, 3.8) is 0 Å². The van der Waals surface area contributed by atoms with Crippen LogP contribution >= 0.6 is 11.3 Å². The predicted octanol–water partition coefficient (Wildman–Crippen LogP) is 0.900. The van der Waals surface area contributed by atoms with Gasteiger partial charge in [0.25, 0.3) is 0 Å². The summed E-state index contributed by atoms with van der Waals surface area (Å²) in [7, 11) is 0. The zero-order valence-electron chi connectivity index (χ0n) is 6.35. The number of hydrogen-bond donors (Lipinski definition) is 1. The van der Waals surface area contributed by atoms with Crippen LogP contribution in [0.15, 0.2) is 10.9 Å². The molecular formula is C7H7NO3S. The second-order valence-corrected chi connectivity index (χ2v) is 3.01. The first-order chi connectivity index (χ1) is 5.63. The first-order valence-corrected chi connectivity index (χ1v) is 4.18. The standard InChI is InChI=1S/C7H7NO3S/c1-4(9)6(7(10)11)5-2-12-3-8-5/h2-3,6H,1H3,(H,10,11). The third kappa shape index (κ3) is 1.68. The molecule has 1 rings (SSSR count). The van der Waals surface area contributed by atoms with Crippen LogP contribution in [0.25, 0.3) is 0 Å². The van der Waals surface area contributed by atoms with Gasteiger partial charge >= 0.3 is 5.97 Å². The Morgan fingerprint density at radius 3 is 2.67 bits per heavy atom. The van der Waals surface area contributed by atoms with Gasteiger partial charge in [-0.1, -0.05) is 0 Å². The van der Waals surface area contributed by atoms with Crippen molar-refractivity contribution in [2.75, 3.05) is 0 Å². The fourth-order valence-electron chi connectivity index (χ4n) is 0.873. The van der Waals surface area contributed by atoms with Crippen molar-refractivity contribution < 1.29 is 14.7 Å². The summed E-state index contributed by atoms with van der Waals surface area (Å²) in [6.45, 7) is 1.25. The number of aromatic nitrogens is 1. The Kier molecular flexibility index (Phi) is 2.54. The molecule has 5 heteroatoms. The molecule has 1 aromatic rings. The number of thiazole rings is 1. The van der Waals surface area contributed by atoms with E-state index in [0.717, 1.165) is 0 Å². The summed E-state index contributed by atoms with van der Waals surface area (Å²) in [6.07, 6.45) is 0. The Labute approximate surface area is 72.9 Å². The van der Waals surface area contributed by atoms with E-state index in [2.05, 4.69) is 4.98 Å². The topological polar surface area (TPSA) is 67.3 Å². The van der Waals surface area contributed by atoms with Gasteiger partial charge in [-0.05, 0) is 6.92 Å². The van der Waals surface area contributed by atoms with Crippen molar-refractivity contribution in [3.8, 4) is 0 Å². The molecule has 0 aromatic carbocycles. The SMILES string of the molecule is CC(=O)C(C(=O)O)c1cscn1. The van der Waals surface area contributed by atoms with E-state index in [9.17, 15) is 9.59 Å². The number of carboxylic acid groups (broad SMARTS) is 1. The molecule has 0 saturated carbocycles. The first kappa shape index (κ1) is 8.86. The second-order valence-electron chi connectivity index (χ2n) is 2.30. The molecule has 0 aliphatic carbocycles. The molecule has 0 aliphatic rings. The van der Waals surface area contributed by atoms with Crippen molar-refractivity contribution in [2.45, 2.75) is 12.8 Å². The molecule has 12 heavy (non-hydrogen) atoms. The Hall–Kier alpha value is -1.23. The summed E-state index contributed by atoms with van der Waals surface area (Å²) in [5.74, 6) is -2.64. The van der Waals surface area contributed by atoms with Crippen LogP contribution in [0.3, 0.4) is 0 Å². The van der Waals surface area contributed by atoms with Crippen LogP contribution in [0, 0.1) is 0 Å². The van der Waals surface area contributed by atoms with Gasteiger partial charge in [-0.2, -0.15) is 0 Å². The fraction of sp³-hybridized carbons (Fsp3) is 0.286. The summed E-state index contributed by atoms with van der Waals surface area (Å²) in [4.78, 5) is 25.2. The lowest BCUT2D eigenvalue weighted by Gasteiger charge is -2.03. The zero-order valence-corrected chi connectivity index (χ0v) is 7.17. The van der Waals surface area contributed by atoms with Gasteiger partial charge in [-0.15, -0.1) is 11.3 Å². The van der Waals surface area contributed by atoms with Crippen molar-refractivity contribution in [3.05, 3.63) is 16.6 Å². The number of hydrogen-bond acceptors (Lipinski definition) is 4. The summed E-state index contributed by atoms with van der Waals surface area (Å²) in [6, 6.07) is 0. The Balaban J connectivity index is 2.96. The summed E-state index contributed by atoms with van der Waals surface area (Å²) in [5, 5.41) is 10.2. The van der Waals surface area contributed by atoms with Gasteiger partial charge in [0.1, 0.15) is 5.78 Å². The lowest BCUT2D eigenvalue weighted by Crippen LogP contribution is -2.19. The number of carbonyl (C=O) groups excluding carboxylic acids is 1. The highest BCUT2D eigenvalue weighted by Gasteiger charge is 2.26. The van der Waals surface area contributed by atoms with Gasteiger partial charge in [0, 0.05) is 5.38 Å². The van der Waals surface area contributed by atoms with Crippen LogP contribution in [0.2, 0.25) is 0 Å². The maximum absolute atomic E-state index is 10.9. The Bertz CT molecular complexity index is 280. The predicted molar refractivity (Wildman–Crippen MR) is 43.2 cm³/mol. The van der Waals surface area contributed by atoms with E-state index in [4.69, 9.17) is 5.11 Å². The average molecular weight is 185 g/mol. The maximum Gasteiger partial charge on any atom is 0.320 e. The van der Waals surface area contributed by atoms with Crippen LogP contribution in [0.1, 0.15) is 18.5 Å². The molecule has 0 amide bonds. The number of carbonyl (C=O) groups is 2. The lowest BCUT2D eigenvalue weighted by molar-refractivity contribution is -0.142. The molecule has 1 atom stereocenters. The van der Waals surface area contributed by atoms with E-state index >= 15 is 0 Å². The molecule has 0 saturated heterocycles. The van der Waals surface area contributed by atoms with Gasteiger partial charge in [-0.3, -0.25) is 9.59 Å². The quantitative estimate of drug-likeness (QED) is 0.710. The van der Waals surface area contributed by atoms with E-state index in [1.807, 2.05) is 0 Å². The first-order valence-electron chi connectivity index (χ1n) is 3.24. The van der Waals surface area contributed by atoms with Crippen molar-refractivity contribution in [2.24, 2.45) is 0 Å². The fourth-order valence-corrected chi connectivity index (χ4v) is 1.45. The highest BCUT2D eigenvalue weighted by atomic mass is 32.1. The number of ketones is 1. The van der Waals surface area contributed by atoms with E-state index in [-0.39, 0.29) is 0 Å². The zero-order chi connectivity index (χ0) is 9.14. The molecule has 4 nitrogen and oxygen atoms in total. The van der Waals surface area contributed by atoms with Crippen molar-refractivity contribution >= 4 is 23.1 Å². The molecule has 1 aromatic heterocycles. The number of carboxylic acids is 1. The highest BCUT2D eigenvalue weighted by molar-refractivity contribution is 7.07. The van der Waals surface area contributed by atoms with E-state index in [1.165, 1.54) is 23.8 Å². The minimum absolute atomic E-state index is 0.319. The molecule has 64 valence electrons. The normalized spacial score (nSPS) is 12.4. The van der Waals surface area contributed by atoms with Crippen LogP contribution in [0.5, 0.6) is 0 Å². The summed E-state index contributed by atoms with van der Waals surface area (Å²) in [5.41, 5.74) is 1.83. The van der Waals surface area contributed by atoms with Gasteiger partial charge in [0.15, 0.2) is 5.92 Å². The van der Waals surface area contributed by atoms with Crippen molar-refractivity contribution in [1.82, 2.24) is 4.98 Å². The summed E-state index contributed by atoms with van der Waals surface area (Å²) < 4.78 is 0. The lowest BCUT2D eigenvalue weighted by atomic mass is 10.0. The molecule has 0 radical (unpaired) electrons. The van der Waals surface area contributed by atoms with Gasteiger partial charge in [-0.25, -0.2) is 4.98 Å². The van der Waals surface area contributed by atoms with Crippen LogP contribution < -0.4 is 0 Å². The molecular weight excluding hydrogens is 178 g/mol. The Morgan fingerprint density at radius 2 is 2.33 bits per heavy atom. The second kappa shape index (κ2) is 3.44. The smallest absolute Gasteiger partial charge is 0.320 e. The van der Waals surface area contributed by atoms with Crippen LogP contribution in [0.4, 0.5) is 0 Å². The highest BCUT2D eigenvalue weighted by Crippen LogP contribution is 2.16. The molecule has 0 spiro atoms. The van der Waals surface area contributed by atoms with Crippen molar-refractivity contribution in [1.29, 1.82) is 0 Å². The molecule has 0 bridgehead atoms. The number of aliphatic carboxylic acids is 1. The van der Waals surface area contributed by atoms with E-state index < -0.39 is 17.7 Å². The third-order valence-electron chi connectivity index (χ3n) is 1.40. The summed E-state index contributed by atoms with van der Waals surface area (Å²) >= 11 is 1.28. The van der Waals surface area contributed by atoms with Crippen LogP contribution in [-0.4, -0.2) is 21.8 Å². The third-order valence-corrected chi connectivity index (χ3v) is 2.01. The van der Waals surface area contributed by atoms with Gasteiger partial charge in [0.2, 0.25) is 0 Å². The number of nitrogens with zero attached hydrogens (tertiary/aromatic N) is 1. The van der Waals surface area contributed by atoms with Gasteiger partial charge < -0.3 is 5.11 Å². The average Bonchev–Trinajstić information content (AvgIpc) is 2.37. The minimum Gasteiger partial charge on any atom is -0.480 e. The van der Waals surface area contributed by atoms with E-state index in [1.54, 1.807) is 5.38 Å². The van der Waals surface area contributed by atoms with Gasteiger partial charge in [0.05, 0.1) is 11.2 Å². The number of rotatable bonds is 3. The Morgan fingerprint density at radius 1 is 1.67 bits per heavy atom. The van der Waals surface area contributed by atoms with E-state index in [0.29, 0.717) is 5.69 Å². The maximum atomic E-state index is 10.9. The number of Topliss-reactive ketones (excluding diaryl/α,β-unsaturated/α-hetero) is 1.